The van der Waals surface area contributed by atoms with Gasteiger partial charge in [-0.3, -0.25) is 0 Å². The molecule has 0 amide bonds. The average Bonchev–Trinajstić information content (AvgIpc) is 1.82. The van der Waals surface area contributed by atoms with Gasteiger partial charge in [-0.1, -0.05) is 13.8 Å². The highest BCUT2D eigenvalue weighted by Gasteiger charge is 2.27. The molecule has 2 atom stereocenters. The van der Waals surface area contributed by atoms with E-state index in [4.69, 9.17) is 5.14 Å². The van der Waals surface area contributed by atoms with Crippen LogP contribution in [0.15, 0.2) is 0 Å². The van der Waals surface area contributed by atoms with E-state index in [0.29, 0.717) is 24.9 Å². The summed E-state index contributed by atoms with van der Waals surface area (Å²) in [5, 5.41) is 5.03. The molecule has 1 saturated heterocycles. The van der Waals surface area contributed by atoms with Gasteiger partial charge in [-0.15, -0.1) is 0 Å². The summed E-state index contributed by atoms with van der Waals surface area (Å²) >= 11 is 0. The lowest BCUT2D eigenvalue weighted by Gasteiger charge is -2.32. The second-order valence-electron chi connectivity index (χ2n) is 3.81. The van der Waals surface area contributed by atoms with Gasteiger partial charge in [-0.2, -0.15) is 12.7 Å². The van der Waals surface area contributed by atoms with Crippen LogP contribution in [-0.4, -0.2) is 25.8 Å². The van der Waals surface area contributed by atoms with Crippen molar-refractivity contribution in [3.8, 4) is 0 Å². The predicted octanol–water partition coefficient (Wildman–Crippen LogP) is 0.168. The van der Waals surface area contributed by atoms with Crippen molar-refractivity contribution < 1.29 is 8.42 Å². The van der Waals surface area contributed by atoms with Crippen molar-refractivity contribution in [3.63, 3.8) is 0 Å². The van der Waals surface area contributed by atoms with Crippen LogP contribution in [0.4, 0.5) is 0 Å². The Labute approximate surface area is 73.9 Å². The first-order valence-corrected chi connectivity index (χ1v) is 5.67. The molecule has 0 radical (unpaired) electrons. The summed E-state index contributed by atoms with van der Waals surface area (Å²) in [4.78, 5) is 0. The van der Waals surface area contributed by atoms with Crippen molar-refractivity contribution >= 4 is 10.2 Å². The Bertz CT molecular complexity index is 240. The van der Waals surface area contributed by atoms with E-state index in [-0.39, 0.29) is 0 Å². The van der Waals surface area contributed by atoms with Gasteiger partial charge < -0.3 is 0 Å². The van der Waals surface area contributed by atoms with Gasteiger partial charge in [0.25, 0.3) is 10.2 Å². The van der Waals surface area contributed by atoms with Crippen molar-refractivity contribution in [2.75, 3.05) is 13.1 Å². The van der Waals surface area contributed by atoms with Gasteiger partial charge in [-0.05, 0) is 18.3 Å². The molecule has 0 aromatic rings. The lowest BCUT2D eigenvalue weighted by Crippen LogP contribution is -2.45. The monoisotopic (exact) mass is 192 g/mol. The van der Waals surface area contributed by atoms with Gasteiger partial charge in [-0.25, -0.2) is 5.14 Å². The van der Waals surface area contributed by atoms with Gasteiger partial charge >= 0.3 is 0 Å². The zero-order valence-corrected chi connectivity index (χ0v) is 8.34. The first-order valence-electron chi connectivity index (χ1n) is 4.17. The number of nitrogens with zero attached hydrogens (tertiary/aromatic N) is 1. The first kappa shape index (κ1) is 9.95. The molecule has 1 rings (SSSR count). The van der Waals surface area contributed by atoms with E-state index in [1.807, 2.05) is 13.8 Å². The number of hydrogen-bond donors (Lipinski definition) is 1. The number of hydrogen-bond acceptors (Lipinski definition) is 2. The van der Waals surface area contributed by atoms with E-state index in [9.17, 15) is 8.42 Å². The highest BCUT2D eigenvalue weighted by molar-refractivity contribution is 7.86. The smallest absolute Gasteiger partial charge is 0.216 e. The SMILES string of the molecule is C[C@@H]1C[C@H](C)CN(S(N)(=O)=O)C1. The van der Waals surface area contributed by atoms with Crippen LogP contribution in [0.3, 0.4) is 0 Å². The van der Waals surface area contributed by atoms with Gasteiger partial charge in [0, 0.05) is 13.1 Å². The normalized spacial score (nSPS) is 33.6. The highest BCUT2D eigenvalue weighted by Crippen LogP contribution is 2.21. The van der Waals surface area contributed by atoms with Crippen molar-refractivity contribution in [3.05, 3.63) is 0 Å². The van der Waals surface area contributed by atoms with E-state index in [1.54, 1.807) is 0 Å². The molecule has 0 bridgehead atoms. The van der Waals surface area contributed by atoms with Crippen molar-refractivity contribution in [2.24, 2.45) is 17.0 Å². The minimum atomic E-state index is -3.46. The topological polar surface area (TPSA) is 63.4 Å². The van der Waals surface area contributed by atoms with Crippen molar-refractivity contribution in [1.29, 1.82) is 0 Å². The summed E-state index contributed by atoms with van der Waals surface area (Å²) in [7, 11) is -3.46. The summed E-state index contributed by atoms with van der Waals surface area (Å²) < 4.78 is 23.3. The van der Waals surface area contributed by atoms with Gasteiger partial charge in [0.05, 0.1) is 0 Å². The van der Waals surface area contributed by atoms with E-state index < -0.39 is 10.2 Å². The van der Waals surface area contributed by atoms with Crippen LogP contribution >= 0.6 is 0 Å². The average molecular weight is 192 g/mol. The van der Waals surface area contributed by atoms with E-state index in [0.717, 1.165) is 6.42 Å². The first-order chi connectivity index (χ1) is 5.39. The second kappa shape index (κ2) is 3.32. The lowest BCUT2D eigenvalue weighted by atomic mass is 9.94. The molecule has 0 aromatic carbocycles. The van der Waals surface area contributed by atoms with E-state index in [2.05, 4.69) is 0 Å². The van der Waals surface area contributed by atoms with Crippen LogP contribution in [0.5, 0.6) is 0 Å². The minimum absolute atomic E-state index is 0.423. The van der Waals surface area contributed by atoms with Crippen LogP contribution in [0.25, 0.3) is 0 Å². The van der Waals surface area contributed by atoms with Crippen LogP contribution in [-0.2, 0) is 10.2 Å². The third kappa shape index (κ3) is 2.43. The molecule has 2 N–H and O–H groups in total. The number of rotatable bonds is 1. The molecule has 1 heterocycles. The second-order valence-corrected chi connectivity index (χ2v) is 5.35. The minimum Gasteiger partial charge on any atom is -0.216 e. The molecule has 0 spiro atoms. The molecule has 4 nitrogen and oxygen atoms in total. The summed E-state index contributed by atoms with van der Waals surface area (Å²) in [5.41, 5.74) is 0. The Balaban J connectivity index is 2.68. The molecule has 72 valence electrons. The Morgan fingerprint density at radius 1 is 1.25 bits per heavy atom. The van der Waals surface area contributed by atoms with E-state index in [1.165, 1.54) is 4.31 Å². The van der Waals surface area contributed by atoms with Crippen molar-refractivity contribution in [2.45, 2.75) is 20.3 Å². The van der Waals surface area contributed by atoms with Gasteiger partial charge in [0.1, 0.15) is 0 Å². The summed E-state index contributed by atoms with van der Waals surface area (Å²) in [6.45, 7) is 5.24. The Morgan fingerprint density at radius 3 is 2.00 bits per heavy atom. The molecule has 0 saturated carbocycles. The van der Waals surface area contributed by atoms with Crippen LogP contribution in [0.1, 0.15) is 20.3 Å². The maximum atomic E-state index is 11.0. The fraction of sp³-hybridized carbons (Fsp3) is 1.00. The maximum Gasteiger partial charge on any atom is 0.276 e. The molecule has 0 unspecified atom stereocenters. The summed E-state index contributed by atoms with van der Waals surface area (Å²) in [6.07, 6.45) is 1.09. The Morgan fingerprint density at radius 2 is 1.67 bits per heavy atom. The molecule has 12 heavy (non-hydrogen) atoms. The maximum absolute atomic E-state index is 11.0. The van der Waals surface area contributed by atoms with Crippen LogP contribution in [0, 0.1) is 11.8 Å². The van der Waals surface area contributed by atoms with Crippen LogP contribution in [0.2, 0.25) is 0 Å². The summed E-state index contributed by atoms with van der Waals surface area (Å²) in [5.74, 6) is 0.846. The molecule has 1 aliphatic heterocycles. The van der Waals surface area contributed by atoms with E-state index >= 15 is 0 Å². The third-order valence-electron chi connectivity index (χ3n) is 2.20. The predicted molar refractivity (Wildman–Crippen MR) is 47.6 cm³/mol. The molecule has 5 heteroatoms. The highest BCUT2D eigenvalue weighted by atomic mass is 32.2. The molecular formula is C7H16N2O2S. The molecule has 0 aliphatic carbocycles. The fourth-order valence-electron chi connectivity index (χ4n) is 1.81. The Kier molecular flexibility index (Phi) is 2.75. The van der Waals surface area contributed by atoms with Gasteiger partial charge in [0.2, 0.25) is 0 Å². The molecule has 1 fully saturated rings. The van der Waals surface area contributed by atoms with Gasteiger partial charge in [0.15, 0.2) is 0 Å². The zero-order valence-electron chi connectivity index (χ0n) is 7.53. The lowest BCUT2D eigenvalue weighted by molar-refractivity contribution is 0.222. The molecule has 0 aromatic heterocycles. The number of piperidine rings is 1. The Hall–Kier alpha value is -0.130. The fourth-order valence-corrected chi connectivity index (χ4v) is 2.74. The zero-order chi connectivity index (χ0) is 9.35. The largest absolute Gasteiger partial charge is 0.276 e. The van der Waals surface area contributed by atoms with Crippen LogP contribution < -0.4 is 5.14 Å². The number of nitrogens with two attached hydrogens (primary N) is 1. The quantitative estimate of drug-likeness (QED) is 0.643. The van der Waals surface area contributed by atoms with Crippen molar-refractivity contribution in [1.82, 2.24) is 4.31 Å². The standard InChI is InChI=1S/C7H16N2O2S/c1-6-3-7(2)5-9(4-6)12(8,10)11/h6-7H,3-5H2,1-2H3,(H2,8,10,11)/t6-,7+. The summed E-state index contributed by atoms with van der Waals surface area (Å²) in [6, 6.07) is 0. The molecular weight excluding hydrogens is 176 g/mol. The third-order valence-corrected chi connectivity index (χ3v) is 3.21. The molecule has 1 aliphatic rings.